The fourth-order valence-electron chi connectivity index (χ4n) is 1.48. The number of aromatic nitrogens is 2. The molecular weight excluding hydrogens is 291 g/mol. The second-order valence-electron chi connectivity index (χ2n) is 4.07. The van der Waals surface area contributed by atoms with E-state index in [0.29, 0.717) is 17.5 Å². The largest absolute Gasteiger partial charge is 0.494 e. The van der Waals surface area contributed by atoms with Crippen LogP contribution in [0.5, 0.6) is 5.75 Å². The Hall–Kier alpha value is -2.33. The van der Waals surface area contributed by atoms with Gasteiger partial charge >= 0.3 is 0 Å². The minimum atomic E-state index is -0.284. The van der Waals surface area contributed by atoms with Crippen LogP contribution in [0.25, 0.3) is 0 Å². The first-order valence-electron chi connectivity index (χ1n) is 6.23. The highest BCUT2D eigenvalue weighted by atomic mass is 32.2. The number of hydrogen-bond acceptors (Lipinski definition) is 6. The Bertz CT molecular complexity index is 642. The number of nitrogens with zero attached hydrogens (tertiary/aromatic N) is 3. The van der Waals surface area contributed by atoms with Crippen LogP contribution in [0.2, 0.25) is 0 Å². The van der Waals surface area contributed by atoms with Crippen molar-refractivity contribution in [1.82, 2.24) is 9.97 Å². The van der Waals surface area contributed by atoms with E-state index in [9.17, 15) is 4.39 Å². The van der Waals surface area contributed by atoms with Gasteiger partial charge in [0.2, 0.25) is 0 Å². The van der Waals surface area contributed by atoms with E-state index in [4.69, 9.17) is 15.7 Å². The maximum absolute atomic E-state index is 12.7. The molecule has 1 aromatic carbocycles. The molecule has 7 heteroatoms. The van der Waals surface area contributed by atoms with Crippen molar-refractivity contribution < 1.29 is 9.13 Å². The highest BCUT2D eigenvalue weighted by molar-refractivity contribution is 7.99. The van der Waals surface area contributed by atoms with E-state index in [1.54, 1.807) is 12.1 Å². The van der Waals surface area contributed by atoms with E-state index >= 15 is 0 Å². The fraction of sp³-hybridized carbons (Fsp3) is 0.214. The lowest BCUT2D eigenvalue weighted by Crippen LogP contribution is -2.01. The van der Waals surface area contributed by atoms with E-state index in [-0.39, 0.29) is 17.2 Å². The number of nitrogens with two attached hydrogens (primary N) is 1. The molecule has 0 aliphatic carbocycles. The number of rotatable bonds is 6. The molecule has 2 N–H and O–H groups in total. The molecule has 0 spiro atoms. The van der Waals surface area contributed by atoms with Crippen molar-refractivity contribution in [2.45, 2.75) is 11.6 Å². The molecule has 0 saturated heterocycles. The van der Waals surface area contributed by atoms with E-state index < -0.39 is 0 Å². The van der Waals surface area contributed by atoms with Crippen LogP contribution >= 0.6 is 11.8 Å². The minimum absolute atomic E-state index is 0.192. The summed E-state index contributed by atoms with van der Waals surface area (Å²) < 4.78 is 18.2. The predicted molar refractivity (Wildman–Crippen MR) is 78.4 cm³/mol. The van der Waals surface area contributed by atoms with Crippen LogP contribution < -0.4 is 10.5 Å². The van der Waals surface area contributed by atoms with E-state index in [2.05, 4.69) is 9.97 Å². The quantitative estimate of drug-likeness (QED) is 0.501. The molecule has 108 valence electrons. The molecule has 5 nitrogen and oxygen atoms in total. The van der Waals surface area contributed by atoms with Gasteiger partial charge in [-0.05, 0) is 30.7 Å². The summed E-state index contributed by atoms with van der Waals surface area (Å²) in [4.78, 5) is 8.08. The van der Waals surface area contributed by atoms with Gasteiger partial charge in [-0.15, -0.1) is 0 Å². The van der Waals surface area contributed by atoms with Crippen molar-refractivity contribution in [3.05, 3.63) is 41.8 Å². The second kappa shape index (κ2) is 7.45. The van der Waals surface area contributed by atoms with Crippen LogP contribution in [-0.4, -0.2) is 22.3 Å². The molecule has 0 aliphatic rings. The Balaban J connectivity index is 1.71. The number of nitriles is 1. The summed E-state index contributed by atoms with van der Waals surface area (Å²) in [6.07, 6.45) is 2.20. The van der Waals surface area contributed by atoms with Gasteiger partial charge in [0.1, 0.15) is 29.0 Å². The summed E-state index contributed by atoms with van der Waals surface area (Å²) >= 11 is 1.44. The maximum atomic E-state index is 12.7. The van der Waals surface area contributed by atoms with Crippen molar-refractivity contribution in [2.24, 2.45) is 0 Å². The van der Waals surface area contributed by atoms with Gasteiger partial charge in [-0.3, -0.25) is 0 Å². The first-order chi connectivity index (χ1) is 10.2. The van der Waals surface area contributed by atoms with Gasteiger partial charge in [-0.25, -0.2) is 14.4 Å². The lowest BCUT2D eigenvalue weighted by Gasteiger charge is -2.05. The van der Waals surface area contributed by atoms with Gasteiger partial charge in [-0.1, -0.05) is 11.8 Å². The molecule has 0 unspecified atom stereocenters. The molecule has 0 atom stereocenters. The number of anilines is 1. The molecule has 0 bridgehead atoms. The summed E-state index contributed by atoms with van der Waals surface area (Å²) in [7, 11) is 0. The van der Waals surface area contributed by atoms with Crippen molar-refractivity contribution in [2.75, 3.05) is 18.1 Å². The molecule has 1 aromatic heterocycles. The lowest BCUT2D eigenvalue weighted by molar-refractivity contribution is 0.318. The first-order valence-corrected chi connectivity index (χ1v) is 7.21. The maximum Gasteiger partial charge on any atom is 0.189 e. The molecule has 0 aliphatic heterocycles. The van der Waals surface area contributed by atoms with Crippen molar-refractivity contribution in [1.29, 1.82) is 5.26 Å². The van der Waals surface area contributed by atoms with Crippen LogP contribution in [0, 0.1) is 17.1 Å². The fourth-order valence-corrected chi connectivity index (χ4v) is 2.21. The molecule has 2 rings (SSSR count). The zero-order valence-corrected chi connectivity index (χ0v) is 11.9. The Morgan fingerprint density at radius 3 is 2.76 bits per heavy atom. The summed E-state index contributed by atoms with van der Waals surface area (Å²) in [5.41, 5.74) is 5.89. The normalized spacial score (nSPS) is 10.1. The zero-order valence-electron chi connectivity index (χ0n) is 11.1. The third-order valence-electron chi connectivity index (χ3n) is 2.52. The smallest absolute Gasteiger partial charge is 0.189 e. The van der Waals surface area contributed by atoms with E-state index in [1.807, 2.05) is 6.07 Å². The van der Waals surface area contributed by atoms with Gasteiger partial charge in [0.05, 0.1) is 12.8 Å². The number of thioether (sulfide) groups is 1. The van der Waals surface area contributed by atoms with Crippen molar-refractivity contribution in [3.63, 3.8) is 0 Å². The summed E-state index contributed by atoms with van der Waals surface area (Å²) in [6, 6.07) is 7.81. The molecule has 1 heterocycles. The van der Waals surface area contributed by atoms with Crippen LogP contribution in [0.3, 0.4) is 0 Å². The predicted octanol–water partition coefficient (Wildman–Crippen LogP) is 2.63. The molecule has 2 aromatic rings. The Kier molecular flexibility index (Phi) is 5.35. The van der Waals surface area contributed by atoms with Gasteiger partial charge < -0.3 is 10.5 Å². The molecule has 0 amide bonds. The zero-order chi connectivity index (χ0) is 15.1. The average molecular weight is 304 g/mol. The van der Waals surface area contributed by atoms with Gasteiger partial charge in [0, 0.05) is 5.75 Å². The van der Waals surface area contributed by atoms with Crippen LogP contribution in [0.1, 0.15) is 12.0 Å². The van der Waals surface area contributed by atoms with Crippen molar-refractivity contribution >= 4 is 17.6 Å². The third-order valence-corrected chi connectivity index (χ3v) is 3.47. The SMILES string of the molecule is N#Cc1cnc(SCCCOc2ccc(F)cc2)nc1N. The number of nitrogen functional groups attached to an aromatic ring is 1. The monoisotopic (exact) mass is 304 g/mol. The first kappa shape index (κ1) is 15.1. The third kappa shape index (κ3) is 4.61. The van der Waals surface area contributed by atoms with E-state index in [1.165, 1.54) is 30.1 Å². The van der Waals surface area contributed by atoms with Gasteiger partial charge in [-0.2, -0.15) is 5.26 Å². The van der Waals surface area contributed by atoms with Gasteiger partial charge in [0.15, 0.2) is 5.16 Å². The number of ether oxygens (including phenoxy) is 1. The Morgan fingerprint density at radius 1 is 1.33 bits per heavy atom. The number of benzene rings is 1. The molecular formula is C14H13FN4OS. The molecule has 21 heavy (non-hydrogen) atoms. The minimum Gasteiger partial charge on any atom is -0.494 e. The second-order valence-corrected chi connectivity index (χ2v) is 5.13. The molecule has 0 saturated carbocycles. The van der Waals surface area contributed by atoms with E-state index in [0.717, 1.165) is 12.2 Å². The topological polar surface area (TPSA) is 84.8 Å². The Morgan fingerprint density at radius 2 is 2.10 bits per heavy atom. The standard InChI is InChI=1S/C14H13FN4OS/c15-11-2-4-12(5-3-11)20-6-1-7-21-14-18-9-10(8-16)13(17)19-14/h2-5,9H,1,6-7H2,(H2,17,18,19). The van der Waals surface area contributed by atoms with Crippen LogP contribution in [0.4, 0.5) is 10.2 Å². The lowest BCUT2D eigenvalue weighted by atomic mass is 10.3. The number of hydrogen-bond donors (Lipinski definition) is 1. The molecule has 0 fully saturated rings. The van der Waals surface area contributed by atoms with Gasteiger partial charge in [0.25, 0.3) is 0 Å². The Labute approximate surface area is 126 Å². The highest BCUT2D eigenvalue weighted by Crippen LogP contribution is 2.17. The number of halogens is 1. The van der Waals surface area contributed by atoms with Crippen LogP contribution in [-0.2, 0) is 0 Å². The van der Waals surface area contributed by atoms with Crippen molar-refractivity contribution in [3.8, 4) is 11.8 Å². The summed E-state index contributed by atoms with van der Waals surface area (Å²) in [5, 5.41) is 9.26. The molecule has 0 radical (unpaired) electrons. The summed E-state index contributed by atoms with van der Waals surface area (Å²) in [5.74, 6) is 1.30. The average Bonchev–Trinajstić information content (AvgIpc) is 2.49. The highest BCUT2D eigenvalue weighted by Gasteiger charge is 2.04. The van der Waals surface area contributed by atoms with Crippen LogP contribution in [0.15, 0.2) is 35.6 Å². The summed E-state index contributed by atoms with van der Waals surface area (Å²) in [6.45, 7) is 0.518.